The number of carbonyl (C=O) groups excluding carboxylic acids is 1. The summed E-state index contributed by atoms with van der Waals surface area (Å²) in [6, 6.07) is 6.88. The SMILES string of the molecule is CC(C)CN1CCC(NC(=O)CN(C)C2=NS(=O)(=O)c3ccccc32)CC1. The first-order valence-electron chi connectivity index (χ1n) is 9.43. The van der Waals surface area contributed by atoms with Crippen LogP contribution in [0.15, 0.2) is 33.6 Å². The topological polar surface area (TPSA) is 82.1 Å². The molecule has 27 heavy (non-hydrogen) atoms. The van der Waals surface area contributed by atoms with Crippen molar-refractivity contribution in [1.82, 2.24) is 15.1 Å². The summed E-state index contributed by atoms with van der Waals surface area (Å²) < 4.78 is 28.2. The first-order chi connectivity index (χ1) is 12.8. The quantitative estimate of drug-likeness (QED) is 0.817. The van der Waals surface area contributed by atoms with Gasteiger partial charge in [-0.1, -0.05) is 26.0 Å². The third kappa shape index (κ3) is 4.68. The molecule has 1 fully saturated rings. The molecular weight excluding hydrogens is 364 g/mol. The average Bonchev–Trinajstić information content (AvgIpc) is 2.88. The highest BCUT2D eigenvalue weighted by atomic mass is 32.2. The van der Waals surface area contributed by atoms with Crippen molar-refractivity contribution < 1.29 is 13.2 Å². The number of likely N-dealkylation sites (N-methyl/N-ethyl adjacent to an activating group) is 1. The van der Waals surface area contributed by atoms with Crippen LogP contribution in [0.2, 0.25) is 0 Å². The number of fused-ring (bicyclic) bond motifs is 1. The summed E-state index contributed by atoms with van der Waals surface area (Å²) in [7, 11) is -1.97. The second-order valence-corrected chi connectivity index (χ2v) is 9.35. The molecule has 2 aliphatic heterocycles. The van der Waals surface area contributed by atoms with Gasteiger partial charge in [-0.2, -0.15) is 8.42 Å². The molecule has 8 heteroatoms. The van der Waals surface area contributed by atoms with Crippen molar-refractivity contribution in [3.8, 4) is 0 Å². The number of amides is 1. The highest BCUT2D eigenvalue weighted by Crippen LogP contribution is 2.26. The molecule has 3 rings (SSSR count). The molecule has 0 aromatic heterocycles. The van der Waals surface area contributed by atoms with Gasteiger partial charge in [-0.3, -0.25) is 4.79 Å². The lowest BCUT2D eigenvalue weighted by molar-refractivity contribution is -0.122. The van der Waals surface area contributed by atoms with Gasteiger partial charge < -0.3 is 15.1 Å². The number of hydrogen-bond donors (Lipinski definition) is 1. The second-order valence-electron chi connectivity index (χ2n) is 7.78. The van der Waals surface area contributed by atoms with Gasteiger partial charge in [0.05, 0.1) is 6.54 Å². The smallest absolute Gasteiger partial charge is 0.285 e. The predicted octanol–water partition coefficient (Wildman–Crippen LogP) is 1.30. The number of sulfonamides is 1. The van der Waals surface area contributed by atoms with Crippen molar-refractivity contribution in [2.45, 2.75) is 37.6 Å². The van der Waals surface area contributed by atoms with E-state index in [9.17, 15) is 13.2 Å². The maximum atomic E-state index is 12.4. The minimum atomic E-state index is -3.67. The molecule has 0 spiro atoms. The molecule has 1 aromatic carbocycles. The lowest BCUT2D eigenvalue weighted by atomic mass is 10.0. The van der Waals surface area contributed by atoms with Gasteiger partial charge in [0, 0.05) is 38.3 Å². The van der Waals surface area contributed by atoms with E-state index in [1.807, 2.05) is 0 Å². The zero-order valence-electron chi connectivity index (χ0n) is 16.2. The zero-order valence-corrected chi connectivity index (χ0v) is 17.0. The van der Waals surface area contributed by atoms with Crippen LogP contribution in [0.5, 0.6) is 0 Å². The minimum Gasteiger partial charge on any atom is -0.352 e. The van der Waals surface area contributed by atoms with Crippen LogP contribution in [0, 0.1) is 5.92 Å². The Morgan fingerprint density at radius 2 is 1.96 bits per heavy atom. The molecule has 1 amide bonds. The van der Waals surface area contributed by atoms with Crippen molar-refractivity contribution in [2.24, 2.45) is 10.3 Å². The van der Waals surface area contributed by atoms with E-state index in [0.29, 0.717) is 17.3 Å². The number of carbonyl (C=O) groups is 1. The normalized spacial score (nSPS) is 19.6. The van der Waals surface area contributed by atoms with Crippen molar-refractivity contribution in [2.75, 3.05) is 33.2 Å². The molecule has 1 saturated heterocycles. The number of benzene rings is 1. The monoisotopic (exact) mass is 392 g/mol. The van der Waals surface area contributed by atoms with Crippen molar-refractivity contribution in [3.05, 3.63) is 29.8 Å². The lowest BCUT2D eigenvalue weighted by Crippen LogP contribution is -2.48. The van der Waals surface area contributed by atoms with E-state index in [1.54, 1.807) is 36.2 Å². The van der Waals surface area contributed by atoms with E-state index >= 15 is 0 Å². The fraction of sp³-hybridized carbons (Fsp3) is 0.579. The van der Waals surface area contributed by atoms with Crippen LogP contribution < -0.4 is 5.32 Å². The first kappa shape index (κ1) is 19.8. The summed E-state index contributed by atoms with van der Waals surface area (Å²) in [6.07, 6.45) is 1.89. The van der Waals surface area contributed by atoms with E-state index in [0.717, 1.165) is 32.5 Å². The Kier molecular flexibility index (Phi) is 5.86. The number of rotatable bonds is 5. The van der Waals surface area contributed by atoms with Crippen LogP contribution in [0.4, 0.5) is 0 Å². The molecule has 7 nitrogen and oxygen atoms in total. The fourth-order valence-corrected chi connectivity index (χ4v) is 4.96. The number of hydrogen-bond acceptors (Lipinski definition) is 5. The van der Waals surface area contributed by atoms with Crippen LogP contribution in [-0.4, -0.2) is 69.2 Å². The van der Waals surface area contributed by atoms with Gasteiger partial charge in [0.25, 0.3) is 10.0 Å². The summed E-state index contributed by atoms with van der Waals surface area (Å²) in [5.74, 6) is 0.868. The summed E-state index contributed by atoms with van der Waals surface area (Å²) in [5, 5.41) is 3.08. The average molecular weight is 393 g/mol. The fourth-order valence-electron chi connectivity index (χ4n) is 3.70. The van der Waals surface area contributed by atoms with Crippen LogP contribution in [0.3, 0.4) is 0 Å². The number of piperidine rings is 1. The summed E-state index contributed by atoms with van der Waals surface area (Å²) in [6.45, 7) is 7.60. The highest BCUT2D eigenvalue weighted by molar-refractivity contribution is 7.90. The summed E-state index contributed by atoms with van der Waals surface area (Å²) in [5.41, 5.74) is 0.551. The number of nitrogens with zero attached hydrogens (tertiary/aromatic N) is 3. The Labute approximate surface area is 161 Å². The largest absolute Gasteiger partial charge is 0.352 e. The molecule has 0 atom stereocenters. The predicted molar refractivity (Wildman–Crippen MR) is 105 cm³/mol. The van der Waals surface area contributed by atoms with Gasteiger partial charge in [0.2, 0.25) is 5.91 Å². The Balaban J connectivity index is 1.55. The van der Waals surface area contributed by atoms with Crippen molar-refractivity contribution in [3.63, 3.8) is 0 Å². The Hall–Kier alpha value is -1.93. The maximum absolute atomic E-state index is 12.4. The molecule has 0 bridgehead atoms. The van der Waals surface area contributed by atoms with Gasteiger partial charge >= 0.3 is 0 Å². The minimum absolute atomic E-state index is 0.0783. The molecular formula is C19H28N4O3S. The van der Waals surface area contributed by atoms with Gasteiger partial charge in [-0.25, -0.2) is 0 Å². The molecule has 2 heterocycles. The lowest BCUT2D eigenvalue weighted by Gasteiger charge is -2.33. The zero-order chi connectivity index (χ0) is 19.6. The molecule has 0 saturated carbocycles. The highest BCUT2D eigenvalue weighted by Gasteiger charge is 2.31. The number of likely N-dealkylation sites (tertiary alicyclic amines) is 1. The molecule has 2 aliphatic rings. The van der Waals surface area contributed by atoms with Crippen LogP contribution in [0.1, 0.15) is 32.3 Å². The third-order valence-electron chi connectivity index (χ3n) is 4.93. The van der Waals surface area contributed by atoms with E-state index in [2.05, 4.69) is 28.5 Å². The van der Waals surface area contributed by atoms with Crippen LogP contribution in [0.25, 0.3) is 0 Å². The Morgan fingerprint density at radius 3 is 2.63 bits per heavy atom. The third-order valence-corrected chi connectivity index (χ3v) is 6.26. The Morgan fingerprint density at radius 1 is 1.30 bits per heavy atom. The maximum Gasteiger partial charge on any atom is 0.285 e. The van der Waals surface area contributed by atoms with Crippen LogP contribution >= 0.6 is 0 Å². The standard InChI is InChI=1S/C19H28N4O3S/c1-14(2)12-23-10-8-15(9-11-23)20-18(24)13-22(3)19-16-6-4-5-7-17(16)27(25,26)21-19/h4-7,14-15H,8-13H2,1-3H3,(H,20,24). The Bertz CT molecular complexity index is 827. The summed E-state index contributed by atoms with van der Waals surface area (Å²) in [4.78, 5) is 16.7. The van der Waals surface area contributed by atoms with Crippen molar-refractivity contribution >= 4 is 21.8 Å². The molecule has 1 N–H and O–H groups in total. The molecule has 0 unspecified atom stereocenters. The van der Waals surface area contributed by atoms with Gasteiger partial charge in [-0.15, -0.1) is 4.40 Å². The van der Waals surface area contributed by atoms with Gasteiger partial charge in [0.1, 0.15) is 4.90 Å². The first-order valence-corrected chi connectivity index (χ1v) is 10.9. The number of amidine groups is 1. The molecule has 0 aliphatic carbocycles. The summed E-state index contributed by atoms with van der Waals surface area (Å²) >= 11 is 0. The van der Waals surface area contributed by atoms with E-state index in [4.69, 9.17) is 0 Å². The van der Waals surface area contributed by atoms with Gasteiger partial charge in [-0.05, 0) is 30.9 Å². The van der Waals surface area contributed by atoms with Gasteiger partial charge in [0.15, 0.2) is 5.84 Å². The second kappa shape index (κ2) is 7.98. The molecule has 1 aromatic rings. The van der Waals surface area contributed by atoms with E-state index in [1.165, 1.54) is 0 Å². The number of nitrogens with one attached hydrogen (secondary N) is 1. The van der Waals surface area contributed by atoms with Crippen LogP contribution in [-0.2, 0) is 14.8 Å². The van der Waals surface area contributed by atoms with Crippen molar-refractivity contribution in [1.29, 1.82) is 0 Å². The molecule has 0 radical (unpaired) electrons. The van der Waals surface area contributed by atoms with E-state index in [-0.39, 0.29) is 23.4 Å². The molecule has 148 valence electrons. The van der Waals surface area contributed by atoms with E-state index < -0.39 is 10.0 Å².